The zero-order chi connectivity index (χ0) is 29.7. The lowest BCUT2D eigenvalue weighted by Gasteiger charge is -2.30. The van der Waals surface area contributed by atoms with Crippen molar-refractivity contribution in [1.82, 2.24) is 9.47 Å². The van der Waals surface area contributed by atoms with E-state index in [4.69, 9.17) is 9.47 Å². The quantitative estimate of drug-likeness (QED) is 0.171. The first kappa shape index (κ1) is 31.0. The van der Waals surface area contributed by atoms with Gasteiger partial charge in [-0.1, -0.05) is 40.8 Å². The number of nitrogens with zero attached hydrogens (tertiary/aromatic N) is 2. The van der Waals surface area contributed by atoms with E-state index in [0.717, 1.165) is 42.1 Å². The highest BCUT2D eigenvalue weighted by atomic mass is 127. The lowest BCUT2D eigenvalue weighted by molar-refractivity contribution is -0.148. The van der Waals surface area contributed by atoms with E-state index in [1.807, 2.05) is 42.8 Å². The average molecular weight is 678 g/mol. The largest absolute Gasteiger partial charge is 0.469 e. The Hall–Kier alpha value is -2.99. The number of alkyl halides is 1. The van der Waals surface area contributed by atoms with Gasteiger partial charge in [0.15, 0.2) is 0 Å². The number of nitrogens with one attached hydrogen (secondary N) is 1. The molecule has 1 saturated carbocycles. The molecule has 1 atom stereocenters. The van der Waals surface area contributed by atoms with Gasteiger partial charge >= 0.3 is 5.97 Å². The summed E-state index contributed by atoms with van der Waals surface area (Å²) >= 11 is 2.17. The molecule has 0 bridgehead atoms. The van der Waals surface area contributed by atoms with Crippen molar-refractivity contribution in [2.45, 2.75) is 55.6 Å². The second-order valence-corrected chi connectivity index (χ2v) is 11.5. The van der Waals surface area contributed by atoms with Crippen molar-refractivity contribution in [3.63, 3.8) is 0 Å². The number of ether oxygens (including phenoxy) is 2. The average Bonchev–Trinajstić information content (AvgIpc) is 3.33. The number of halogens is 2. The highest BCUT2D eigenvalue weighted by Gasteiger charge is 2.28. The van der Waals surface area contributed by atoms with Crippen LogP contribution in [0.5, 0.6) is 0 Å². The van der Waals surface area contributed by atoms with Gasteiger partial charge < -0.3 is 24.3 Å². The number of methoxy groups -OCH3 is 1. The molecule has 1 heterocycles. The molecule has 8 nitrogen and oxygen atoms in total. The van der Waals surface area contributed by atoms with Crippen molar-refractivity contribution in [1.29, 1.82) is 0 Å². The van der Waals surface area contributed by atoms with Crippen molar-refractivity contribution in [2.75, 3.05) is 26.1 Å². The number of aryl methyl sites for hydroxylation is 1. The molecule has 1 fully saturated rings. The number of anilines is 1. The topological polar surface area (TPSA) is 89.9 Å². The fourth-order valence-corrected chi connectivity index (χ4v) is 5.93. The van der Waals surface area contributed by atoms with Crippen molar-refractivity contribution in [3.8, 4) is 0 Å². The number of hydrogen-bond donors (Lipinski definition) is 1. The first-order valence-electron chi connectivity index (χ1n) is 13.8. The zero-order valence-corrected chi connectivity index (χ0v) is 26.1. The molecule has 1 aliphatic rings. The Morgan fingerprint density at radius 1 is 1.15 bits per heavy atom. The van der Waals surface area contributed by atoms with E-state index in [1.165, 1.54) is 13.2 Å². The highest BCUT2D eigenvalue weighted by Crippen LogP contribution is 2.28. The molecule has 0 aliphatic heterocycles. The van der Waals surface area contributed by atoms with Gasteiger partial charge in [-0.2, -0.15) is 0 Å². The fraction of sp³-hybridized carbons (Fsp3) is 0.452. The van der Waals surface area contributed by atoms with Crippen LogP contribution in [0, 0.1) is 11.7 Å². The Balaban J connectivity index is 1.36. The van der Waals surface area contributed by atoms with Crippen LogP contribution in [-0.2, 0) is 37.0 Å². The van der Waals surface area contributed by atoms with Gasteiger partial charge in [-0.05, 0) is 61.9 Å². The van der Waals surface area contributed by atoms with Crippen molar-refractivity contribution in [2.24, 2.45) is 13.0 Å². The number of fused-ring (bicyclic) bond motifs is 1. The first-order chi connectivity index (χ1) is 19.6. The maximum atomic E-state index is 15.2. The lowest BCUT2D eigenvalue weighted by atomic mass is 9.87. The third kappa shape index (κ3) is 7.27. The van der Waals surface area contributed by atoms with Crippen LogP contribution in [0.25, 0.3) is 10.9 Å². The van der Waals surface area contributed by atoms with E-state index >= 15 is 4.39 Å². The van der Waals surface area contributed by atoms with Crippen molar-refractivity contribution < 1.29 is 28.2 Å². The monoisotopic (exact) mass is 677 g/mol. The minimum Gasteiger partial charge on any atom is -0.469 e. The third-order valence-electron chi connectivity index (χ3n) is 7.98. The fourth-order valence-electron chi connectivity index (χ4n) is 5.30. The molecule has 3 aromatic rings. The van der Waals surface area contributed by atoms with Crippen LogP contribution in [0.1, 0.15) is 54.1 Å². The summed E-state index contributed by atoms with van der Waals surface area (Å²) in [7, 11) is 4.98. The number of hydrogen-bond acceptors (Lipinski definition) is 5. The van der Waals surface area contributed by atoms with Crippen LogP contribution in [0.4, 0.5) is 10.1 Å². The second kappa shape index (κ2) is 13.8. The smallest absolute Gasteiger partial charge is 0.308 e. The van der Waals surface area contributed by atoms with Gasteiger partial charge in [-0.15, -0.1) is 0 Å². The van der Waals surface area contributed by atoms with Gasteiger partial charge in [0.1, 0.15) is 5.82 Å². The van der Waals surface area contributed by atoms with Crippen LogP contribution in [-0.4, -0.2) is 60.2 Å². The minimum atomic E-state index is -0.542. The molecule has 220 valence electrons. The molecule has 41 heavy (non-hydrogen) atoms. The highest BCUT2D eigenvalue weighted by molar-refractivity contribution is 14.1. The van der Waals surface area contributed by atoms with Crippen molar-refractivity contribution >= 4 is 57.0 Å². The number of carbonyl (C=O) groups excluding carboxylic acids is 3. The molecule has 0 unspecified atom stereocenters. The number of rotatable bonds is 10. The Bertz CT molecular complexity index is 1420. The summed E-state index contributed by atoms with van der Waals surface area (Å²) in [6.45, 7) is 2.26. The summed E-state index contributed by atoms with van der Waals surface area (Å²) in [6, 6.07) is 10.4. The molecule has 0 radical (unpaired) electrons. The summed E-state index contributed by atoms with van der Waals surface area (Å²) < 4.78 is 28.5. The SMILES string of the molecule is COC(=O)[C@H]1CC[C@H](OC[C@H](C)N(C)C(=O)Cc2cc(CI)c(NC(=O)c3cn(C)c4ccccc34)cc2F)CC1. The first-order valence-corrected chi connectivity index (χ1v) is 15.3. The van der Waals surface area contributed by atoms with Gasteiger partial charge in [-0.3, -0.25) is 14.4 Å². The number of likely N-dealkylation sites (N-methyl/N-ethyl adjacent to an activating group) is 1. The number of aromatic nitrogens is 1. The van der Waals surface area contributed by atoms with Gasteiger partial charge in [0.25, 0.3) is 5.91 Å². The molecule has 1 aliphatic carbocycles. The van der Waals surface area contributed by atoms with Crippen LogP contribution in [0.3, 0.4) is 0 Å². The number of carbonyl (C=O) groups is 3. The second-order valence-electron chi connectivity index (χ2n) is 10.7. The number of benzene rings is 2. The summed E-state index contributed by atoms with van der Waals surface area (Å²) in [5.74, 6) is -1.31. The van der Waals surface area contributed by atoms with E-state index < -0.39 is 5.82 Å². The summed E-state index contributed by atoms with van der Waals surface area (Å²) in [4.78, 5) is 39.5. The maximum absolute atomic E-state index is 15.2. The molecular weight excluding hydrogens is 640 g/mol. The summed E-state index contributed by atoms with van der Waals surface area (Å²) in [6.07, 6.45) is 4.73. The van der Waals surface area contributed by atoms with Gasteiger partial charge in [0.2, 0.25) is 5.91 Å². The predicted octanol–water partition coefficient (Wildman–Crippen LogP) is 5.64. The molecule has 4 rings (SSSR count). The van der Waals surface area contributed by atoms with Gasteiger partial charge in [-0.25, -0.2) is 4.39 Å². The lowest BCUT2D eigenvalue weighted by Crippen LogP contribution is -2.40. The minimum absolute atomic E-state index is 0.0437. The molecule has 2 amide bonds. The van der Waals surface area contributed by atoms with E-state index in [2.05, 4.69) is 27.9 Å². The van der Waals surface area contributed by atoms with E-state index in [-0.39, 0.29) is 47.8 Å². The Labute approximate surface area is 253 Å². The van der Waals surface area contributed by atoms with E-state index in [9.17, 15) is 14.4 Å². The Kier molecular flexibility index (Phi) is 10.4. The Morgan fingerprint density at radius 2 is 1.85 bits per heavy atom. The van der Waals surface area contributed by atoms with Crippen LogP contribution in [0.2, 0.25) is 0 Å². The third-order valence-corrected chi connectivity index (χ3v) is 8.81. The standard InChI is InChI=1S/C31H37FIN3O5/c1-19(18-41-23-11-9-20(10-12-23)31(39)40-4)36(3)29(37)14-21-13-22(16-33)27(15-26(21)32)34-30(38)25-17-35(2)28-8-6-5-7-24(25)28/h5-8,13,15,17,19-20,23H,9-12,14,16,18H2,1-4H3,(H,34,38)/t19-,20-,23-/m0/s1. The summed E-state index contributed by atoms with van der Waals surface area (Å²) in [5, 5.41) is 3.69. The Morgan fingerprint density at radius 3 is 2.54 bits per heavy atom. The van der Waals surface area contributed by atoms with E-state index in [0.29, 0.717) is 22.3 Å². The van der Waals surface area contributed by atoms with E-state index in [1.54, 1.807) is 24.2 Å². The normalized spacial score (nSPS) is 17.7. The molecule has 10 heteroatoms. The van der Waals surface area contributed by atoms with Gasteiger partial charge in [0.05, 0.1) is 43.8 Å². The molecule has 0 spiro atoms. The van der Waals surface area contributed by atoms with Crippen LogP contribution >= 0.6 is 22.6 Å². The van der Waals surface area contributed by atoms with Crippen LogP contribution in [0.15, 0.2) is 42.6 Å². The number of esters is 1. The zero-order valence-electron chi connectivity index (χ0n) is 23.9. The maximum Gasteiger partial charge on any atom is 0.308 e. The van der Waals surface area contributed by atoms with Crippen LogP contribution < -0.4 is 5.32 Å². The molecular formula is C31H37FIN3O5. The predicted molar refractivity (Wildman–Crippen MR) is 165 cm³/mol. The number of amides is 2. The molecule has 2 aromatic carbocycles. The van der Waals surface area contributed by atoms with Gasteiger partial charge in [0, 0.05) is 41.3 Å². The molecule has 1 N–H and O–H groups in total. The van der Waals surface area contributed by atoms with Crippen molar-refractivity contribution in [3.05, 3.63) is 65.1 Å². The molecule has 1 aromatic heterocycles. The number of para-hydroxylation sites is 1. The summed E-state index contributed by atoms with van der Waals surface area (Å²) in [5.41, 5.74) is 2.86. The molecule has 0 saturated heterocycles.